The Hall–Kier alpha value is -0.870. The van der Waals surface area contributed by atoms with Crippen LogP contribution in [0.3, 0.4) is 0 Å². The van der Waals surface area contributed by atoms with E-state index in [1.54, 1.807) is 24.3 Å². The molecule has 0 bridgehead atoms. The second-order valence-electron chi connectivity index (χ2n) is 3.24. The number of hydrogen-bond donors (Lipinski definition) is 1. The normalized spacial score (nSPS) is 12.1. The maximum Gasteiger partial charge on any atom is 0.240 e. The monoisotopic (exact) mass is 251 g/mol. The van der Waals surface area contributed by atoms with Gasteiger partial charge >= 0.3 is 0 Å². The van der Waals surface area contributed by atoms with Crippen molar-refractivity contribution in [1.82, 2.24) is 0 Å². The molecule has 5 heteroatoms. The van der Waals surface area contributed by atoms with Crippen LogP contribution >= 0.6 is 12.4 Å². The van der Waals surface area contributed by atoms with Crippen molar-refractivity contribution in [1.29, 1.82) is 0 Å². The quantitative estimate of drug-likeness (QED) is 0.873. The number of ether oxygens (including phenoxy) is 1. The van der Waals surface area contributed by atoms with Gasteiger partial charge in [-0.3, -0.25) is 0 Å². The minimum Gasteiger partial charge on any atom is -0.494 e. The Labute approximate surface area is 100 Å². The third-order valence-electron chi connectivity index (χ3n) is 2.05. The lowest BCUT2D eigenvalue weighted by Crippen LogP contribution is -2.13. The van der Waals surface area contributed by atoms with Crippen molar-refractivity contribution in [3.05, 3.63) is 29.8 Å². The van der Waals surface area contributed by atoms with Gasteiger partial charge in [0.1, 0.15) is 5.75 Å². The predicted octanol–water partition coefficient (Wildman–Crippen LogP) is 3.16. The first-order valence-electron chi connectivity index (χ1n) is 4.90. The Balaban J connectivity index is 0.00000225. The van der Waals surface area contributed by atoms with Gasteiger partial charge in [-0.1, -0.05) is 12.1 Å². The Morgan fingerprint density at radius 1 is 1.25 bits per heavy atom. The molecule has 92 valence electrons. The fraction of sp³-hybridized carbons (Fsp3) is 0.455. The van der Waals surface area contributed by atoms with E-state index in [-0.39, 0.29) is 18.8 Å². The molecule has 16 heavy (non-hydrogen) atoms. The maximum absolute atomic E-state index is 12.1. The number of alkyl halides is 2. The molecule has 0 saturated heterocycles. The van der Waals surface area contributed by atoms with Gasteiger partial charge in [-0.15, -0.1) is 12.4 Å². The molecule has 2 nitrogen and oxygen atoms in total. The van der Waals surface area contributed by atoms with E-state index in [4.69, 9.17) is 10.5 Å². The van der Waals surface area contributed by atoms with Crippen LogP contribution in [0.25, 0.3) is 0 Å². The van der Waals surface area contributed by atoms with Gasteiger partial charge in [0.15, 0.2) is 0 Å². The molecule has 0 aliphatic heterocycles. The molecule has 0 aliphatic rings. The summed E-state index contributed by atoms with van der Waals surface area (Å²) >= 11 is 0. The highest BCUT2D eigenvalue weighted by atomic mass is 35.5. The Morgan fingerprint density at radius 2 is 1.81 bits per heavy atom. The molecule has 1 atom stereocenters. The molecule has 0 aromatic heterocycles. The molecule has 1 rings (SSSR count). The molecule has 0 unspecified atom stereocenters. The summed E-state index contributed by atoms with van der Waals surface area (Å²) in [4.78, 5) is 0. The zero-order chi connectivity index (χ0) is 11.3. The number of hydrogen-bond acceptors (Lipinski definition) is 2. The van der Waals surface area contributed by atoms with Crippen molar-refractivity contribution < 1.29 is 13.5 Å². The number of benzene rings is 1. The van der Waals surface area contributed by atoms with E-state index in [0.29, 0.717) is 12.2 Å². The summed E-state index contributed by atoms with van der Waals surface area (Å²) in [6.45, 7) is 2.47. The highest BCUT2D eigenvalue weighted by Crippen LogP contribution is 2.20. The zero-order valence-corrected chi connectivity index (χ0v) is 9.84. The summed E-state index contributed by atoms with van der Waals surface area (Å²) in [5.41, 5.74) is 6.31. The Bertz CT molecular complexity index is 293. The lowest BCUT2D eigenvalue weighted by atomic mass is 10.1. The van der Waals surface area contributed by atoms with E-state index in [0.717, 1.165) is 5.75 Å². The van der Waals surface area contributed by atoms with Crippen LogP contribution in [0.5, 0.6) is 5.75 Å². The third kappa shape index (κ3) is 4.77. The number of halogens is 3. The van der Waals surface area contributed by atoms with Crippen LogP contribution in [-0.4, -0.2) is 13.0 Å². The van der Waals surface area contributed by atoms with Crippen LogP contribution in [-0.2, 0) is 0 Å². The fourth-order valence-corrected chi connectivity index (χ4v) is 1.31. The first kappa shape index (κ1) is 15.1. The topological polar surface area (TPSA) is 35.2 Å². The van der Waals surface area contributed by atoms with Gasteiger partial charge in [-0.05, 0) is 24.6 Å². The van der Waals surface area contributed by atoms with Gasteiger partial charge in [0, 0.05) is 12.5 Å². The minimum atomic E-state index is -2.37. The van der Waals surface area contributed by atoms with Gasteiger partial charge in [0.2, 0.25) is 6.43 Å². The Morgan fingerprint density at radius 3 is 2.25 bits per heavy atom. The van der Waals surface area contributed by atoms with E-state index < -0.39 is 12.5 Å². The molecular formula is C11H16ClF2NO. The maximum atomic E-state index is 12.1. The second kappa shape index (κ2) is 7.41. The Kier molecular flexibility index (Phi) is 7.01. The lowest BCUT2D eigenvalue weighted by molar-refractivity contribution is 0.128. The highest BCUT2D eigenvalue weighted by Gasteiger charge is 2.12. The zero-order valence-electron chi connectivity index (χ0n) is 9.03. The van der Waals surface area contributed by atoms with Gasteiger partial charge < -0.3 is 10.5 Å². The molecule has 0 aliphatic carbocycles. The van der Waals surface area contributed by atoms with Crippen molar-refractivity contribution in [3.63, 3.8) is 0 Å². The predicted molar refractivity (Wildman–Crippen MR) is 62.4 cm³/mol. The molecule has 2 N–H and O–H groups in total. The van der Waals surface area contributed by atoms with Gasteiger partial charge in [0.05, 0.1) is 6.61 Å². The molecule has 1 aromatic rings. The molecule has 0 amide bonds. The molecular weight excluding hydrogens is 236 g/mol. The summed E-state index contributed by atoms with van der Waals surface area (Å²) in [6, 6.07) is 6.31. The smallest absolute Gasteiger partial charge is 0.240 e. The molecule has 0 radical (unpaired) electrons. The van der Waals surface area contributed by atoms with E-state index in [1.807, 2.05) is 6.92 Å². The van der Waals surface area contributed by atoms with E-state index in [2.05, 4.69) is 0 Å². The molecule has 0 saturated carbocycles. The van der Waals surface area contributed by atoms with E-state index in [1.165, 1.54) is 0 Å². The van der Waals surface area contributed by atoms with Crippen LogP contribution in [0, 0.1) is 0 Å². The van der Waals surface area contributed by atoms with E-state index in [9.17, 15) is 8.78 Å². The van der Waals surface area contributed by atoms with Crippen molar-refractivity contribution >= 4 is 12.4 Å². The van der Waals surface area contributed by atoms with Crippen molar-refractivity contribution in [2.45, 2.75) is 25.8 Å². The molecule has 0 spiro atoms. The summed E-state index contributed by atoms with van der Waals surface area (Å²) < 4.78 is 29.4. The van der Waals surface area contributed by atoms with Gasteiger partial charge in [0.25, 0.3) is 0 Å². The molecule has 1 aromatic carbocycles. The van der Waals surface area contributed by atoms with Crippen molar-refractivity contribution in [2.75, 3.05) is 6.61 Å². The number of rotatable bonds is 5. The SMILES string of the molecule is CCOc1ccc([C@@H](N)CC(F)F)cc1.Cl. The standard InChI is InChI=1S/C11H15F2NO.ClH/c1-2-15-9-5-3-8(4-6-9)10(14)7-11(12)13;/h3-6,10-11H,2,7,14H2,1H3;1H/t10-;/m0./s1. The molecule has 0 heterocycles. The summed E-state index contributed by atoms with van der Waals surface area (Å²) in [6.07, 6.45) is -2.68. The summed E-state index contributed by atoms with van der Waals surface area (Å²) in [5.74, 6) is 0.727. The van der Waals surface area contributed by atoms with Crippen LogP contribution < -0.4 is 10.5 Å². The third-order valence-corrected chi connectivity index (χ3v) is 2.05. The van der Waals surface area contributed by atoms with Gasteiger partial charge in [-0.2, -0.15) is 0 Å². The summed E-state index contributed by atoms with van der Waals surface area (Å²) in [7, 11) is 0. The van der Waals surface area contributed by atoms with Crippen LogP contribution in [0.2, 0.25) is 0 Å². The lowest BCUT2D eigenvalue weighted by Gasteiger charge is -2.11. The van der Waals surface area contributed by atoms with Crippen LogP contribution in [0.15, 0.2) is 24.3 Å². The first-order chi connectivity index (χ1) is 7.13. The average molecular weight is 252 g/mol. The largest absolute Gasteiger partial charge is 0.494 e. The van der Waals surface area contributed by atoms with Crippen LogP contribution in [0.1, 0.15) is 24.9 Å². The van der Waals surface area contributed by atoms with Crippen molar-refractivity contribution in [3.8, 4) is 5.75 Å². The molecule has 0 fully saturated rings. The minimum absolute atomic E-state index is 0. The first-order valence-corrected chi connectivity index (χ1v) is 4.90. The number of nitrogens with two attached hydrogens (primary N) is 1. The van der Waals surface area contributed by atoms with Gasteiger partial charge in [-0.25, -0.2) is 8.78 Å². The highest BCUT2D eigenvalue weighted by molar-refractivity contribution is 5.85. The van der Waals surface area contributed by atoms with Crippen LogP contribution in [0.4, 0.5) is 8.78 Å². The van der Waals surface area contributed by atoms with Crippen molar-refractivity contribution in [2.24, 2.45) is 5.73 Å². The second-order valence-corrected chi connectivity index (χ2v) is 3.24. The van der Waals surface area contributed by atoms with E-state index >= 15 is 0 Å². The average Bonchev–Trinajstić information content (AvgIpc) is 2.18. The fourth-order valence-electron chi connectivity index (χ4n) is 1.31. The summed E-state index contributed by atoms with van der Waals surface area (Å²) in [5, 5.41) is 0.